The van der Waals surface area contributed by atoms with E-state index in [1.165, 1.54) is 6.07 Å². The summed E-state index contributed by atoms with van der Waals surface area (Å²) in [5, 5.41) is 24.0. The number of fused-ring (bicyclic) bond motifs is 2. The number of imidazole rings is 2. The van der Waals surface area contributed by atoms with Gasteiger partial charge < -0.3 is 31.7 Å². The molecule has 6 N–H and O–H groups in total. The standard InChI is InChI=1S/C31H32F3N5O2.C29H27F3N4O3/c1-4-35-29(40)24-9-5-20(13-18(24)2)21-15-26(36-12-11-31(32,33)34)28-27(16-21)39(17-37-28)23-8-10-25(19(3)14-23)30(41)38-22-6-7-22;1-16-11-18(3-7-23(16)28(38)39)19-13-24(33-10-9-29(30,31)32)26-25(14-19)36(15-34-26)21-6-8-22(17(2)12-21)27(37)35-20-4-5-20/h5,8-10,13-17,22,36H,4,6-7,11-12H2,1-3H3,(H,35,40)(H,38,41);3,6-8,11-15,20,33H,4-5,9-10H2,1-2H3,(H,35,37)(H,38,39). The fraction of sp³-hybridized carbons (Fsp3) is 0.300. The Morgan fingerprint density at radius 3 is 1.27 bits per heavy atom. The molecule has 2 saturated carbocycles. The van der Waals surface area contributed by atoms with Gasteiger partial charge in [0, 0.05) is 59.8 Å². The van der Waals surface area contributed by atoms with Crippen molar-refractivity contribution in [2.24, 2.45) is 0 Å². The number of carbonyl (C=O) groups is 4. The number of aromatic carboxylic acids is 1. The van der Waals surface area contributed by atoms with Crippen molar-refractivity contribution in [1.82, 2.24) is 35.1 Å². The molecule has 0 spiro atoms. The minimum Gasteiger partial charge on any atom is -0.478 e. The molecule has 20 heteroatoms. The van der Waals surface area contributed by atoms with Gasteiger partial charge in [0.2, 0.25) is 0 Å². The molecule has 8 aromatic rings. The molecule has 3 amide bonds. The Bertz CT molecular complexity index is 3690. The zero-order valence-electron chi connectivity index (χ0n) is 44.5. The molecule has 2 aliphatic carbocycles. The van der Waals surface area contributed by atoms with Crippen molar-refractivity contribution in [3.8, 4) is 33.6 Å². The number of nitrogens with zero attached hydrogens (tertiary/aromatic N) is 4. The van der Waals surface area contributed by atoms with Crippen LogP contribution in [-0.2, 0) is 0 Å². The molecule has 80 heavy (non-hydrogen) atoms. The van der Waals surface area contributed by atoms with Crippen molar-refractivity contribution >= 4 is 57.1 Å². The third-order valence-corrected chi connectivity index (χ3v) is 14.0. The SMILES string of the molecule is CCNC(=O)c1ccc(-c2cc(NCCC(F)(F)F)c3ncn(-c4ccc(C(=O)NC5CC5)c(C)c4)c3c2)cc1C.Cc1cc(-c2cc(NCCC(F)(F)F)c3ncn(-c4ccc(C(=O)NC5CC5)c(C)c4)c3c2)ccc1C(=O)O. The number of aryl methyl sites for hydroxylation is 4. The van der Waals surface area contributed by atoms with Gasteiger partial charge in [0.05, 0.1) is 40.8 Å². The topological polar surface area (TPSA) is 184 Å². The van der Waals surface area contributed by atoms with E-state index in [2.05, 4.69) is 36.6 Å². The summed E-state index contributed by atoms with van der Waals surface area (Å²) in [6, 6.07) is 29.2. The van der Waals surface area contributed by atoms with Crippen LogP contribution >= 0.6 is 0 Å². The lowest BCUT2D eigenvalue weighted by Crippen LogP contribution is -2.26. The van der Waals surface area contributed by atoms with Crippen LogP contribution in [0.4, 0.5) is 37.7 Å². The molecule has 0 bridgehead atoms. The number of carboxylic acid groups (broad SMARTS) is 1. The third kappa shape index (κ3) is 13.2. The monoisotopic (exact) mass is 1100 g/mol. The second-order valence-corrected chi connectivity index (χ2v) is 20.3. The molecule has 416 valence electrons. The van der Waals surface area contributed by atoms with E-state index in [1.54, 1.807) is 62.0 Å². The highest BCUT2D eigenvalue weighted by atomic mass is 19.4. The molecule has 14 nitrogen and oxygen atoms in total. The molecular weight excluding hydrogens is 1040 g/mol. The quantitative estimate of drug-likeness (QED) is 0.0483. The predicted octanol–water partition coefficient (Wildman–Crippen LogP) is 12.6. The molecule has 2 aliphatic rings. The number of hydrogen-bond acceptors (Lipinski definition) is 8. The number of amides is 3. The van der Waals surface area contributed by atoms with E-state index in [1.807, 2.05) is 85.4 Å². The van der Waals surface area contributed by atoms with Gasteiger partial charge in [0.1, 0.15) is 23.7 Å². The smallest absolute Gasteiger partial charge is 0.390 e. The van der Waals surface area contributed by atoms with Crippen LogP contribution in [0.3, 0.4) is 0 Å². The number of anilines is 2. The Hall–Kier alpha value is -8.68. The van der Waals surface area contributed by atoms with Gasteiger partial charge in [-0.2, -0.15) is 26.3 Å². The Morgan fingerprint density at radius 2 is 0.912 bits per heavy atom. The highest BCUT2D eigenvalue weighted by molar-refractivity contribution is 6.00. The van der Waals surface area contributed by atoms with E-state index in [4.69, 9.17) is 0 Å². The van der Waals surface area contributed by atoms with Crippen LogP contribution in [0.15, 0.2) is 110 Å². The second kappa shape index (κ2) is 23.0. The van der Waals surface area contributed by atoms with Crippen molar-refractivity contribution in [3.05, 3.63) is 154 Å². The maximum atomic E-state index is 12.9. The summed E-state index contributed by atoms with van der Waals surface area (Å²) in [7, 11) is 0. The van der Waals surface area contributed by atoms with Gasteiger partial charge in [0.25, 0.3) is 17.7 Å². The number of rotatable bonds is 17. The maximum absolute atomic E-state index is 12.9. The summed E-state index contributed by atoms with van der Waals surface area (Å²) in [5.41, 5.74) is 12.6. The first-order valence-corrected chi connectivity index (χ1v) is 26.2. The van der Waals surface area contributed by atoms with Crippen LogP contribution in [-0.4, -0.2) is 92.0 Å². The average molecular weight is 1100 g/mol. The van der Waals surface area contributed by atoms with Crippen LogP contribution < -0.4 is 26.6 Å². The number of halogens is 6. The van der Waals surface area contributed by atoms with Crippen LogP contribution in [0, 0.1) is 27.7 Å². The number of carboxylic acids is 1. The van der Waals surface area contributed by atoms with Gasteiger partial charge >= 0.3 is 18.3 Å². The van der Waals surface area contributed by atoms with Gasteiger partial charge in [-0.1, -0.05) is 24.3 Å². The molecule has 6 aromatic carbocycles. The van der Waals surface area contributed by atoms with Gasteiger partial charge in [-0.3, -0.25) is 23.5 Å². The molecular formula is C60H59F6N9O5. The zero-order valence-corrected chi connectivity index (χ0v) is 44.5. The number of alkyl halides is 6. The number of carbonyl (C=O) groups excluding carboxylic acids is 3. The first-order chi connectivity index (χ1) is 38.0. The number of benzene rings is 6. The third-order valence-electron chi connectivity index (χ3n) is 14.0. The van der Waals surface area contributed by atoms with Crippen molar-refractivity contribution in [2.45, 2.75) is 97.6 Å². The van der Waals surface area contributed by atoms with Crippen LogP contribution in [0.25, 0.3) is 55.7 Å². The fourth-order valence-corrected chi connectivity index (χ4v) is 9.45. The molecule has 2 aromatic heterocycles. The van der Waals surface area contributed by atoms with E-state index in [0.717, 1.165) is 64.9 Å². The number of aromatic nitrogens is 4. The first-order valence-electron chi connectivity index (χ1n) is 26.2. The first kappa shape index (κ1) is 56.1. The second-order valence-electron chi connectivity index (χ2n) is 20.3. The van der Waals surface area contributed by atoms with Gasteiger partial charge in [-0.15, -0.1) is 0 Å². The molecule has 0 aliphatic heterocycles. The molecule has 0 saturated heterocycles. The minimum absolute atomic E-state index is 0.100. The van der Waals surface area contributed by atoms with Crippen LogP contribution in [0.2, 0.25) is 0 Å². The highest BCUT2D eigenvalue weighted by Gasteiger charge is 2.29. The van der Waals surface area contributed by atoms with Crippen molar-refractivity contribution in [2.75, 3.05) is 30.3 Å². The van der Waals surface area contributed by atoms with Crippen LogP contribution in [0.5, 0.6) is 0 Å². The molecule has 2 fully saturated rings. The normalized spacial score (nSPS) is 13.4. The van der Waals surface area contributed by atoms with E-state index in [-0.39, 0.29) is 48.5 Å². The summed E-state index contributed by atoms with van der Waals surface area (Å²) in [6.45, 7) is 9.02. The van der Waals surface area contributed by atoms with E-state index >= 15 is 0 Å². The predicted molar refractivity (Wildman–Crippen MR) is 296 cm³/mol. The highest BCUT2D eigenvalue weighted by Crippen LogP contribution is 2.36. The Labute approximate surface area is 457 Å². The van der Waals surface area contributed by atoms with Crippen molar-refractivity contribution in [3.63, 3.8) is 0 Å². The zero-order chi connectivity index (χ0) is 57.2. The lowest BCUT2D eigenvalue weighted by Gasteiger charge is -2.14. The Balaban J connectivity index is 0.000000194. The lowest BCUT2D eigenvalue weighted by atomic mass is 9.98. The van der Waals surface area contributed by atoms with Gasteiger partial charge in [-0.25, -0.2) is 14.8 Å². The van der Waals surface area contributed by atoms with Crippen molar-refractivity contribution in [1.29, 1.82) is 0 Å². The lowest BCUT2D eigenvalue weighted by molar-refractivity contribution is -0.132. The summed E-state index contributed by atoms with van der Waals surface area (Å²) in [4.78, 5) is 58.1. The van der Waals surface area contributed by atoms with E-state index < -0.39 is 31.2 Å². The molecule has 2 heterocycles. The summed E-state index contributed by atoms with van der Waals surface area (Å²) < 4.78 is 81.0. The Morgan fingerprint density at radius 1 is 0.525 bits per heavy atom. The van der Waals surface area contributed by atoms with Crippen LogP contribution in [0.1, 0.15) is 109 Å². The molecule has 0 atom stereocenters. The fourth-order valence-electron chi connectivity index (χ4n) is 9.45. The van der Waals surface area contributed by atoms with Gasteiger partial charge in [-0.05, 0) is 178 Å². The number of nitrogens with one attached hydrogen (secondary N) is 5. The Kier molecular flexibility index (Phi) is 16.1. The maximum Gasteiger partial charge on any atom is 0.390 e. The summed E-state index contributed by atoms with van der Waals surface area (Å²) >= 11 is 0. The minimum atomic E-state index is -4.31. The molecule has 10 rings (SSSR count). The molecule has 0 radical (unpaired) electrons. The summed E-state index contributed by atoms with van der Waals surface area (Å²) in [5.74, 6) is -1.41. The average Bonchev–Trinajstić information content (AvgIpc) is 4.36. The van der Waals surface area contributed by atoms with E-state index in [0.29, 0.717) is 73.4 Å². The number of hydrogen-bond donors (Lipinski definition) is 6. The largest absolute Gasteiger partial charge is 0.478 e. The molecule has 0 unspecified atom stereocenters. The van der Waals surface area contributed by atoms with Crippen molar-refractivity contribution < 1.29 is 50.6 Å². The van der Waals surface area contributed by atoms with E-state index in [9.17, 15) is 50.6 Å². The van der Waals surface area contributed by atoms with Gasteiger partial charge in [0.15, 0.2) is 0 Å². The summed E-state index contributed by atoms with van der Waals surface area (Å²) in [6.07, 6.45) is -3.38.